The van der Waals surface area contributed by atoms with Crippen LogP contribution in [-0.2, 0) is 11.3 Å². The summed E-state index contributed by atoms with van der Waals surface area (Å²) in [6, 6.07) is 9.29. The van der Waals surface area contributed by atoms with E-state index < -0.39 is 22.3 Å². The summed E-state index contributed by atoms with van der Waals surface area (Å²) in [5.41, 5.74) is 2.76. The normalized spacial score (nSPS) is 11.1. The van der Waals surface area contributed by atoms with Crippen LogP contribution in [0.15, 0.2) is 41.5 Å². The number of hydrazone groups is 1. The summed E-state index contributed by atoms with van der Waals surface area (Å²) in [5, 5.41) is 34.2. The fraction of sp³-hybridized carbons (Fsp3) is 0.0667. The lowest BCUT2D eigenvalue weighted by molar-refractivity contribution is -0.398. The Morgan fingerprint density at radius 1 is 1.38 bits per heavy atom. The van der Waals surface area contributed by atoms with Crippen LogP contribution in [0.25, 0.3) is 11.0 Å². The van der Waals surface area contributed by atoms with Gasteiger partial charge in [-0.05, 0) is 29.5 Å². The highest BCUT2D eigenvalue weighted by molar-refractivity contribution is 6.31. The van der Waals surface area contributed by atoms with Gasteiger partial charge in [0.25, 0.3) is 11.6 Å². The lowest BCUT2D eigenvalue weighted by Crippen LogP contribution is -2.23. The molecule has 0 aliphatic carbocycles. The van der Waals surface area contributed by atoms with Crippen LogP contribution in [0.1, 0.15) is 5.56 Å². The molecule has 0 atom stereocenters. The summed E-state index contributed by atoms with van der Waals surface area (Å²) >= 11 is 5.75. The number of amides is 1. The van der Waals surface area contributed by atoms with Gasteiger partial charge in [-0.1, -0.05) is 28.9 Å². The van der Waals surface area contributed by atoms with Crippen LogP contribution >= 0.6 is 11.6 Å². The Labute approximate surface area is 150 Å². The average molecular weight is 374 g/mol. The lowest BCUT2D eigenvalue weighted by atomic mass is 10.2. The highest BCUT2D eigenvalue weighted by Gasteiger charge is 2.11. The molecule has 1 heterocycles. The molecule has 0 aliphatic rings. The van der Waals surface area contributed by atoms with Crippen LogP contribution in [0.4, 0.5) is 5.69 Å². The molecule has 0 bridgehead atoms. The van der Waals surface area contributed by atoms with E-state index in [0.717, 1.165) is 12.3 Å². The zero-order valence-corrected chi connectivity index (χ0v) is 13.8. The molecule has 0 radical (unpaired) electrons. The number of fused-ring (bicyclic) bond motifs is 1. The third-order valence-electron chi connectivity index (χ3n) is 3.37. The molecular formula is C15H10ClN6O4-. The number of aromatic nitrogens is 3. The number of hydrogen-bond donors (Lipinski definition) is 1. The van der Waals surface area contributed by atoms with Crippen LogP contribution in [0, 0.1) is 10.1 Å². The Kier molecular flexibility index (Phi) is 4.76. The third kappa shape index (κ3) is 3.59. The number of carbonyl (C=O) groups excluding carboxylic acids is 1. The Balaban J connectivity index is 1.71. The molecule has 132 valence electrons. The van der Waals surface area contributed by atoms with Crippen molar-refractivity contribution in [3.63, 3.8) is 0 Å². The molecule has 0 fully saturated rings. The Morgan fingerprint density at radius 3 is 2.92 bits per heavy atom. The van der Waals surface area contributed by atoms with Gasteiger partial charge in [-0.3, -0.25) is 14.9 Å². The molecule has 2 aromatic carbocycles. The molecule has 1 N–H and O–H groups in total. The van der Waals surface area contributed by atoms with Crippen LogP contribution in [0.2, 0.25) is 5.02 Å². The van der Waals surface area contributed by atoms with Gasteiger partial charge in [0.05, 0.1) is 16.7 Å². The smallest absolute Gasteiger partial charge is 0.263 e. The van der Waals surface area contributed by atoms with Gasteiger partial charge in [-0.25, -0.2) is 10.1 Å². The molecule has 0 unspecified atom stereocenters. The zero-order valence-electron chi connectivity index (χ0n) is 13.0. The molecule has 11 heteroatoms. The number of halogens is 1. The van der Waals surface area contributed by atoms with Gasteiger partial charge in [0, 0.05) is 11.1 Å². The second kappa shape index (κ2) is 7.15. The SMILES string of the molecule is O=C(Cn1nnc2ccccc21)N/N=C\c1cc(Cl)cc([N+](=O)[O-])c1[O-]. The number of nitrogens with zero attached hydrogens (tertiary/aromatic N) is 5. The van der Waals surface area contributed by atoms with Gasteiger partial charge < -0.3 is 5.11 Å². The predicted octanol–water partition coefficient (Wildman–Crippen LogP) is 1.22. The molecule has 0 saturated carbocycles. The highest BCUT2D eigenvalue weighted by atomic mass is 35.5. The van der Waals surface area contributed by atoms with Crippen molar-refractivity contribution in [1.82, 2.24) is 20.4 Å². The number of hydrogen-bond acceptors (Lipinski definition) is 7. The van der Waals surface area contributed by atoms with E-state index in [0.29, 0.717) is 11.0 Å². The maximum absolute atomic E-state index is 11.9. The van der Waals surface area contributed by atoms with Crippen molar-refractivity contribution in [2.24, 2.45) is 5.10 Å². The first-order valence-electron chi connectivity index (χ1n) is 7.21. The van der Waals surface area contributed by atoms with Crippen molar-refractivity contribution < 1.29 is 14.8 Å². The van der Waals surface area contributed by atoms with Crippen molar-refractivity contribution in [3.8, 4) is 5.75 Å². The number of para-hydroxylation sites is 1. The van der Waals surface area contributed by atoms with Crippen molar-refractivity contribution in [2.45, 2.75) is 6.54 Å². The van der Waals surface area contributed by atoms with Crippen LogP contribution in [0.5, 0.6) is 5.75 Å². The number of nitrogens with one attached hydrogen (secondary N) is 1. The van der Waals surface area contributed by atoms with Crippen molar-refractivity contribution in [1.29, 1.82) is 0 Å². The van der Waals surface area contributed by atoms with E-state index in [-0.39, 0.29) is 17.1 Å². The summed E-state index contributed by atoms with van der Waals surface area (Å²) in [7, 11) is 0. The molecule has 0 aliphatic heterocycles. The standard InChI is InChI=1S/C15H11ClN6O4/c16-10-5-9(15(24)13(6-10)22(25)26)7-17-19-14(23)8-21-12-4-2-1-3-11(12)18-20-21/h1-7,24H,8H2,(H,19,23)/p-1/b17-7-. The zero-order chi connectivity index (χ0) is 18.7. The number of rotatable bonds is 5. The summed E-state index contributed by atoms with van der Waals surface area (Å²) < 4.78 is 1.39. The fourth-order valence-corrected chi connectivity index (χ4v) is 2.43. The predicted molar refractivity (Wildman–Crippen MR) is 90.8 cm³/mol. The molecule has 1 amide bonds. The molecule has 0 saturated heterocycles. The first kappa shape index (κ1) is 17.3. The second-order valence-electron chi connectivity index (χ2n) is 5.13. The number of nitro benzene ring substituents is 1. The van der Waals surface area contributed by atoms with Crippen molar-refractivity contribution in [3.05, 3.63) is 57.1 Å². The molecule has 3 aromatic rings. The van der Waals surface area contributed by atoms with Gasteiger partial charge in [0.2, 0.25) is 0 Å². The number of nitro groups is 1. The Bertz CT molecular complexity index is 1030. The van der Waals surface area contributed by atoms with E-state index in [1.165, 1.54) is 10.7 Å². The van der Waals surface area contributed by atoms with E-state index in [9.17, 15) is 20.0 Å². The maximum atomic E-state index is 11.9. The molecule has 10 nitrogen and oxygen atoms in total. The second-order valence-corrected chi connectivity index (χ2v) is 5.57. The number of carbonyl (C=O) groups is 1. The minimum absolute atomic E-state index is 0.0122. The van der Waals surface area contributed by atoms with Crippen molar-refractivity contribution >= 4 is 40.4 Å². The summed E-state index contributed by atoms with van der Waals surface area (Å²) in [6.07, 6.45) is 0.999. The van der Waals surface area contributed by atoms with E-state index >= 15 is 0 Å². The topological polar surface area (TPSA) is 138 Å². The molecule has 26 heavy (non-hydrogen) atoms. The first-order chi connectivity index (χ1) is 12.5. The summed E-state index contributed by atoms with van der Waals surface area (Å²) in [5.74, 6) is -1.36. The minimum atomic E-state index is -0.848. The average Bonchev–Trinajstić information content (AvgIpc) is 3.00. The van der Waals surface area contributed by atoms with Gasteiger partial charge >= 0.3 is 0 Å². The van der Waals surface area contributed by atoms with Gasteiger partial charge in [0.1, 0.15) is 12.1 Å². The number of benzene rings is 2. The minimum Gasteiger partial charge on any atom is -0.867 e. The lowest BCUT2D eigenvalue weighted by Gasteiger charge is -2.10. The van der Waals surface area contributed by atoms with Gasteiger partial charge in [-0.2, -0.15) is 5.10 Å². The largest absolute Gasteiger partial charge is 0.867 e. The van der Waals surface area contributed by atoms with Crippen LogP contribution in [0.3, 0.4) is 0 Å². The first-order valence-corrected chi connectivity index (χ1v) is 7.58. The van der Waals surface area contributed by atoms with Gasteiger partial charge in [0.15, 0.2) is 0 Å². The van der Waals surface area contributed by atoms with Crippen LogP contribution < -0.4 is 10.5 Å². The molecular weight excluding hydrogens is 364 g/mol. The molecule has 3 rings (SSSR count). The quantitative estimate of drug-likeness (QED) is 0.405. The fourth-order valence-electron chi connectivity index (χ4n) is 2.21. The molecule has 1 aromatic heterocycles. The van der Waals surface area contributed by atoms with E-state index in [2.05, 4.69) is 20.8 Å². The maximum Gasteiger partial charge on any atom is 0.263 e. The third-order valence-corrected chi connectivity index (χ3v) is 3.58. The highest BCUT2D eigenvalue weighted by Crippen LogP contribution is 2.29. The van der Waals surface area contributed by atoms with Gasteiger partial charge in [-0.15, -0.1) is 5.10 Å². The van der Waals surface area contributed by atoms with E-state index in [1.54, 1.807) is 24.3 Å². The summed E-state index contributed by atoms with van der Waals surface area (Å²) in [6.45, 7) is -0.141. The Morgan fingerprint density at radius 2 is 2.15 bits per heavy atom. The monoisotopic (exact) mass is 373 g/mol. The van der Waals surface area contributed by atoms with E-state index in [4.69, 9.17) is 11.6 Å². The summed E-state index contributed by atoms with van der Waals surface area (Å²) in [4.78, 5) is 21.9. The van der Waals surface area contributed by atoms with Crippen molar-refractivity contribution in [2.75, 3.05) is 0 Å². The van der Waals surface area contributed by atoms with E-state index in [1.807, 2.05) is 0 Å². The molecule has 0 spiro atoms. The van der Waals surface area contributed by atoms with Crippen LogP contribution in [-0.4, -0.2) is 32.0 Å². The Hall–Kier alpha value is -3.53.